The number of nitrogens with one attached hydrogen (secondary N) is 2. The van der Waals surface area contributed by atoms with Gasteiger partial charge >= 0.3 is 4.87 Å². The van der Waals surface area contributed by atoms with Crippen molar-refractivity contribution in [2.24, 2.45) is 5.73 Å². The molecule has 9 heteroatoms. The van der Waals surface area contributed by atoms with Gasteiger partial charge in [-0.05, 0) is 43.3 Å². The zero-order valence-corrected chi connectivity index (χ0v) is 18.3. The summed E-state index contributed by atoms with van der Waals surface area (Å²) in [6.07, 6.45) is 0.395. The molecule has 0 aliphatic carbocycles. The molecule has 0 saturated carbocycles. The van der Waals surface area contributed by atoms with Crippen LogP contribution in [0.25, 0.3) is 10.9 Å². The van der Waals surface area contributed by atoms with Gasteiger partial charge in [0.05, 0.1) is 5.52 Å². The first-order valence-corrected chi connectivity index (χ1v) is 11.0. The van der Waals surface area contributed by atoms with E-state index in [9.17, 15) is 9.59 Å². The van der Waals surface area contributed by atoms with Crippen LogP contribution >= 0.6 is 11.3 Å². The summed E-state index contributed by atoms with van der Waals surface area (Å²) in [7, 11) is 0. The van der Waals surface area contributed by atoms with Crippen LogP contribution in [0, 0.1) is 6.92 Å². The molecule has 2 heterocycles. The standard InChI is InChI=1S/C23H23N5O3S/c1-14-10-16(19-4-2-3-5-20(19)25-14)13-31-18-8-6-15(7-9-18)22(29)26-17(12-24)11-21-27-28-23(30)32-21/h2-10,17H,11-13,24H2,1H3,(H,26,29)(H,28,30). The predicted octanol–water partition coefficient (Wildman–Crippen LogP) is 2.57. The van der Waals surface area contributed by atoms with E-state index in [4.69, 9.17) is 10.5 Å². The quantitative estimate of drug-likeness (QED) is 0.380. The number of carbonyl (C=O) groups excluding carboxylic acids is 1. The van der Waals surface area contributed by atoms with E-state index < -0.39 is 0 Å². The molecule has 0 bridgehead atoms. The van der Waals surface area contributed by atoms with Gasteiger partial charge in [-0.1, -0.05) is 29.5 Å². The molecule has 4 rings (SSSR count). The summed E-state index contributed by atoms with van der Waals surface area (Å²) in [6.45, 7) is 2.60. The number of amides is 1. The summed E-state index contributed by atoms with van der Waals surface area (Å²) >= 11 is 1.01. The highest BCUT2D eigenvalue weighted by Crippen LogP contribution is 2.21. The van der Waals surface area contributed by atoms with Crippen molar-refractivity contribution in [2.75, 3.05) is 6.54 Å². The van der Waals surface area contributed by atoms with Crippen molar-refractivity contribution in [3.8, 4) is 5.75 Å². The number of ether oxygens (including phenoxy) is 1. The minimum atomic E-state index is -0.319. The number of H-pyrrole nitrogens is 1. The first-order valence-electron chi connectivity index (χ1n) is 10.2. The average molecular weight is 450 g/mol. The molecule has 1 amide bonds. The molecule has 2 aromatic heterocycles. The van der Waals surface area contributed by atoms with Crippen molar-refractivity contribution in [1.29, 1.82) is 0 Å². The van der Waals surface area contributed by atoms with E-state index in [1.54, 1.807) is 24.3 Å². The Labute approximate surface area is 188 Å². The molecule has 4 aromatic rings. The molecule has 164 valence electrons. The van der Waals surface area contributed by atoms with Crippen LogP contribution in [0.4, 0.5) is 0 Å². The van der Waals surface area contributed by atoms with Crippen molar-refractivity contribution < 1.29 is 9.53 Å². The first kappa shape index (κ1) is 21.7. The molecule has 8 nitrogen and oxygen atoms in total. The lowest BCUT2D eigenvalue weighted by molar-refractivity contribution is 0.0938. The Kier molecular flexibility index (Phi) is 6.58. The van der Waals surface area contributed by atoms with E-state index in [-0.39, 0.29) is 23.4 Å². The molecule has 0 radical (unpaired) electrons. The number of hydrogen-bond acceptors (Lipinski definition) is 7. The van der Waals surface area contributed by atoms with Gasteiger partial charge in [-0.25, -0.2) is 5.10 Å². The Hall–Kier alpha value is -3.56. The van der Waals surface area contributed by atoms with Gasteiger partial charge in [-0.15, -0.1) is 0 Å². The second-order valence-electron chi connectivity index (χ2n) is 7.37. The fraction of sp³-hybridized carbons (Fsp3) is 0.217. The Morgan fingerprint density at radius 1 is 1.22 bits per heavy atom. The lowest BCUT2D eigenvalue weighted by atomic mass is 10.1. The number of para-hydroxylation sites is 1. The number of nitrogens with two attached hydrogens (primary N) is 1. The summed E-state index contributed by atoms with van der Waals surface area (Å²) < 4.78 is 5.95. The maximum atomic E-state index is 12.6. The molecular weight excluding hydrogens is 426 g/mol. The fourth-order valence-corrected chi connectivity index (χ4v) is 4.08. The molecular formula is C23H23N5O3S. The van der Waals surface area contributed by atoms with Gasteiger partial charge in [0.15, 0.2) is 0 Å². The predicted molar refractivity (Wildman–Crippen MR) is 124 cm³/mol. The lowest BCUT2D eigenvalue weighted by Crippen LogP contribution is -2.41. The number of aromatic nitrogens is 3. The van der Waals surface area contributed by atoms with Crippen LogP contribution in [0.1, 0.15) is 26.6 Å². The summed E-state index contributed by atoms with van der Waals surface area (Å²) in [5.74, 6) is 0.419. The third-order valence-electron chi connectivity index (χ3n) is 4.96. The van der Waals surface area contributed by atoms with E-state index in [1.807, 2.05) is 37.3 Å². The highest BCUT2D eigenvalue weighted by molar-refractivity contribution is 7.08. The van der Waals surface area contributed by atoms with Crippen molar-refractivity contribution >= 4 is 28.1 Å². The minimum Gasteiger partial charge on any atom is -0.489 e. The third-order valence-corrected chi connectivity index (χ3v) is 5.73. The van der Waals surface area contributed by atoms with Crippen LogP contribution < -0.4 is 20.7 Å². The topological polar surface area (TPSA) is 123 Å². The third kappa shape index (κ3) is 5.19. The number of rotatable bonds is 8. The molecule has 0 fully saturated rings. The molecule has 0 saturated heterocycles. The summed E-state index contributed by atoms with van der Waals surface area (Å²) in [6, 6.07) is 16.6. The largest absolute Gasteiger partial charge is 0.489 e. The molecule has 2 aromatic carbocycles. The first-order chi connectivity index (χ1) is 15.5. The van der Waals surface area contributed by atoms with Crippen LogP contribution in [0.5, 0.6) is 5.75 Å². The van der Waals surface area contributed by atoms with E-state index in [2.05, 4.69) is 20.5 Å². The summed E-state index contributed by atoms with van der Waals surface area (Å²) in [4.78, 5) is 28.1. The molecule has 0 spiro atoms. The minimum absolute atomic E-state index is 0.229. The summed E-state index contributed by atoms with van der Waals surface area (Å²) in [5.41, 5.74) is 9.20. The monoisotopic (exact) mass is 449 g/mol. The molecule has 1 unspecified atom stereocenters. The van der Waals surface area contributed by atoms with Crippen molar-refractivity contribution in [3.63, 3.8) is 0 Å². The molecule has 0 aliphatic rings. The number of aromatic amines is 1. The van der Waals surface area contributed by atoms with E-state index in [1.165, 1.54) is 0 Å². The molecule has 1 atom stereocenters. The van der Waals surface area contributed by atoms with Gasteiger partial charge in [0.2, 0.25) is 0 Å². The molecule has 32 heavy (non-hydrogen) atoms. The molecule has 0 aliphatic heterocycles. The number of benzene rings is 2. The summed E-state index contributed by atoms with van der Waals surface area (Å²) in [5, 5.41) is 10.8. The van der Waals surface area contributed by atoms with Gasteiger partial charge in [0.1, 0.15) is 17.4 Å². The van der Waals surface area contributed by atoms with E-state index >= 15 is 0 Å². The van der Waals surface area contributed by atoms with Gasteiger partial charge in [-0.2, -0.15) is 5.10 Å². The molecule has 4 N–H and O–H groups in total. The van der Waals surface area contributed by atoms with Crippen LogP contribution in [0.3, 0.4) is 0 Å². The Balaban J connectivity index is 1.38. The zero-order chi connectivity index (χ0) is 22.5. The van der Waals surface area contributed by atoms with E-state index in [0.29, 0.717) is 29.3 Å². The van der Waals surface area contributed by atoms with Crippen LogP contribution in [0.15, 0.2) is 59.4 Å². The smallest absolute Gasteiger partial charge is 0.322 e. The normalized spacial score (nSPS) is 11.9. The van der Waals surface area contributed by atoms with Gasteiger partial charge < -0.3 is 15.8 Å². The van der Waals surface area contributed by atoms with Crippen LogP contribution in [0.2, 0.25) is 0 Å². The number of pyridine rings is 1. The lowest BCUT2D eigenvalue weighted by Gasteiger charge is -2.15. The Bertz CT molecular complexity index is 1280. The van der Waals surface area contributed by atoms with Crippen LogP contribution in [-0.2, 0) is 13.0 Å². The second-order valence-corrected chi connectivity index (χ2v) is 8.42. The number of nitrogens with zero attached hydrogens (tertiary/aromatic N) is 2. The highest BCUT2D eigenvalue weighted by atomic mass is 32.1. The Morgan fingerprint density at radius 3 is 2.72 bits per heavy atom. The van der Waals surface area contributed by atoms with E-state index in [0.717, 1.165) is 33.5 Å². The van der Waals surface area contributed by atoms with Gasteiger partial charge in [-0.3, -0.25) is 14.6 Å². The number of carbonyl (C=O) groups is 1. The average Bonchev–Trinajstić information content (AvgIpc) is 3.21. The second kappa shape index (κ2) is 9.71. The zero-order valence-electron chi connectivity index (χ0n) is 17.5. The van der Waals surface area contributed by atoms with Crippen molar-refractivity contribution in [3.05, 3.63) is 86.1 Å². The number of hydrogen-bond donors (Lipinski definition) is 3. The van der Waals surface area contributed by atoms with Gasteiger partial charge in [0, 0.05) is 41.2 Å². The highest BCUT2D eigenvalue weighted by Gasteiger charge is 2.15. The number of fused-ring (bicyclic) bond motifs is 1. The van der Waals surface area contributed by atoms with Crippen molar-refractivity contribution in [2.45, 2.75) is 26.0 Å². The van der Waals surface area contributed by atoms with Crippen LogP contribution in [-0.4, -0.2) is 33.7 Å². The maximum absolute atomic E-state index is 12.6. The number of aryl methyl sites for hydroxylation is 1. The Morgan fingerprint density at radius 2 is 2.00 bits per heavy atom. The van der Waals surface area contributed by atoms with Crippen molar-refractivity contribution in [1.82, 2.24) is 20.5 Å². The SMILES string of the molecule is Cc1cc(COc2ccc(C(=O)NC(CN)Cc3n[nH]c(=O)s3)cc2)c2ccccc2n1. The fourth-order valence-electron chi connectivity index (χ4n) is 3.40. The maximum Gasteiger partial charge on any atom is 0.322 e. The van der Waals surface area contributed by atoms with Gasteiger partial charge in [0.25, 0.3) is 5.91 Å².